The van der Waals surface area contributed by atoms with Crippen molar-refractivity contribution >= 4 is 23.6 Å². The summed E-state index contributed by atoms with van der Waals surface area (Å²) in [5.41, 5.74) is 0. The predicted octanol–water partition coefficient (Wildman–Crippen LogP) is 1.89. The van der Waals surface area contributed by atoms with Crippen molar-refractivity contribution in [3.63, 3.8) is 0 Å². The fourth-order valence-electron chi connectivity index (χ4n) is 1.99. The lowest BCUT2D eigenvalue weighted by Crippen LogP contribution is -2.28. The van der Waals surface area contributed by atoms with E-state index in [4.69, 9.17) is 5.11 Å². The summed E-state index contributed by atoms with van der Waals surface area (Å²) in [5, 5.41) is 12.2. The molecule has 0 bridgehead atoms. The van der Waals surface area contributed by atoms with E-state index in [1.165, 1.54) is 0 Å². The van der Waals surface area contributed by atoms with Gasteiger partial charge in [-0.3, -0.25) is 9.59 Å². The SMILES string of the molecule is CCCNC(=O)CSC1CCC(C(=O)O)CC1. The Morgan fingerprint density at radius 1 is 1.29 bits per heavy atom. The van der Waals surface area contributed by atoms with Crippen LogP contribution in [0.25, 0.3) is 0 Å². The molecule has 0 aromatic heterocycles. The van der Waals surface area contributed by atoms with E-state index in [0.717, 1.165) is 38.6 Å². The predicted molar refractivity (Wildman–Crippen MR) is 69.1 cm³/mol. The van der Waals surface area contributed by atoms with E-state index >= 15 is 0 Å². The van der Waals surface area contributed by atoms with Crippen molar-refractivity contribution < 1.29 is 14.7 Å². The molecular weight excluding hydrogens is 238 g/mol. The summed E-state index contributed by atoms with van der Waals surface area (Å²) in [6.07, 6.45) is 4.30. The highest BCUT2D eigenvalue weighted by molar-refractivity contribution is 8.00. The third-order valence-electron chi connectivity index (χ3n) is 3.05. The van der Waals surface area contributed by atoms with E-state index in [-0.39, 0.29) is 11.8 Å². The van der Waals surface area contributed by atoms with Crippen LogP contribution < -0.4 is 5.32 Å². The lowest BCUT2D eigenvalue weighted by atomic mass is 9.89. The summed E-state index contributed by atoms with van der Waals surface area (Å²) in [4.78, 5) is 22.2. The molecule has 1 aliphatic rings. The standard InChI is InChI=1S/C12H21NO3S/c1-2-7-13-11(14)8-17-10-5-3-9(4-6-10)12(15)16/h9-10H,2-8H2,1H3,(H,13,14)(H,15,16). The molecule has 1 aliphatic carbocycles. The first-order valence-corrected chi connectivity index (χ1v) is 7.29. The summed E-state index contributed by atoms with van der Waals surface area (Å²) in [6, 6.07) is 0. The molecule has 0 aromatic rings. The van der Waals surface area contributed by atoms with Crippen molar-refractivity contribution in [2.75, 3.05) is 12.3 Å². The molecule has 0 aliphatic heterocycles. The van der Waals surface area contributed by atoms with Gasteiger partial charge in [-0.15, -0.1) is 11.8 Å². The second-order valence-electron chi connectivity index (χ2n) is 4.47. The van der Waals surface area contributed by atoms with Gasteiger partial charge in [0, 0.05) is 11.8 Å². The summed E-state index contributed by atoms with van der Waals surface area (Å²) in [7, 11) is 0. The summed E-state index contributed by atoms with van der Waals surface area (Å²) in [5.74, 6) is -0.241. The summed E-state index contributed by atoms with van der Waals surface area (Å²) in [6.45, 7) is 2.77. The number of nitrogens with one attached hydrogen (secondary N) is 1. The smallest absolute Gasteiger partial charge is 0.306 e. The monoisotopic (exact) mass is 259 g/mol. The second-order valence-corrected chi connectivity index (χ2v) is 5.76. The number of amides is 1. The van der Waals surface area contributed by atoms with Crippen molar-refractivity contribution in [2.45, 2.75) is 44.3 Å². The Bertz CT molecular complexity index is 262. The second kappa shape index (κ2) is 7.58. The van der Waals surface area contributed by atoms with Gasteiger partial charge in [-0.2, -0.15) is 0 Å². The average Bonchev–Trinajstić information content (AvgIpc) is 2.34. The quantitative estimate of drug-likeness (QED) is 0.764. The zero-order valence-corrected chi connectivity index (χ0v) is 11.1. The highest BCUT2D eigenvalue weighted by Gasteiger charge is 2.26. The average molecular weight is 259 g/mol. The highest BCUT2D eigenvalue weighted by Crippen LogP contribution is 2.31. The minimum Gasteiger partial charge on any atom is -0.481 e. The van der Waals surface area contributed by atoms with Crippen molar-refractivity contribution in [1.82, 2.24) is 5.32 Å². The first-order valence-electron chi connectivity index (χ1n) is 6.24. The largest absolute Gasteiger partial charge is 0.481 e. The molecule has 0 spiro atoms. The van der Waals surface area contributed by atoms with E-state index < -0.39 is 5.97 Å². The van der Waals surface area contributed by atoms with Crippen LogP contribution in [0, 0.1) is 5.92 Å². The maximum absolute atomic E-state index is 11.4. The van der Waals surface area contributed by atoms with E-state index in [2.05, 4.69) is 5.32 Å². The van der Waals surface area contributed by atoms with Gasteiger partial charge in [0.05, 0.1) is 11.7 Å². The molecule has 0 aromatic carbocycles. The van der Waals surface area contributed by atoms with Gasteiger partial charge in [0.1, 0.15) is 0 Å². The number of hydrogen-bond donors (Lipinski definition) is 2. The lowest BCUT2D eigenvalue weighted by molar-refractivity contribution is -0.142. The Balaban J connectivity index is 2.14. The normalized spacial score (nSPS) is 24.3. The Morgan fingerprint density at radius 3 is 2.47 bits per heavy atom. The Hall–Kier alpha value is -0.710. The van der Waals surface area contributed by atoms with Gasteiger partial charge in [-0.25, -0.2) is 0 Å². The third kappa shape index (κ3) is 5.44. The molecule has 0 unspecified atom stereocenters. The maximum atomic E-state index is 11.4. The maximum Gasteiger partial charge on any atom is 0.306 e. The fourth-order valence-corrected chi connectivity index (χ4v) is 3.08. The number of carbonyl (C=O) groups is 2. The number of aliphatic carboxylic acids is 1. The molecular formula is C12H21NO3S. The van der Waals surface area contributed by atoms with Crippen molar-refractivity contribution in [1.29, 1.82) is 0 Å². The van der Waals surface area contributed by atoms with Crippen LogP contribution in [-0.4, -0.2) is 34.5 Å². The van der Waals surface area contributed by atoms with E-state index in [1.54, 1.807) is 11.8 Å². The molecule has 5 heteroatoms. The number of hydrogen-bond acceptors (Lipinski definition) is 3. The summed E-state index contributed by atoms with van der Waals surface area (Å²) >= 11 is 1.66. The molecule has 1 rings (SSSR count). The van der Waals surface area contributed by atoms with E-state index in [0.29, 0.717) is 11.0 Å². The zero-order valence-electron chi connectivity index (χ0n) is 10.3. The van der Waals surface area contributed by atoms with Gasteiger partial charge in [-0.1, -0.05) is 6.92 Å². The first-order chi connectivity index (χ1) is 8.13. The fraction of sp³-hybridized carbons (Fsp3) is 0.833. The van der Waals surface area contributed by atoms with Crippen molar-refractivity contribution in [2.24, 2.45) is 5.92 Å². The van der Waals surface area contributed by atoms with Crippen LogP contribution in [0.4, 0.5) is 0 Å². The number of rotatable bonds is 6. The molecule has 0 atom stereocenters. The lowest BCUT2D eigenvalue weighted by Gasteiger charge is -2.25. The van der Waals surface area contributed by atoms with Crippen LogP contribution in [0.1, 0.15) is 39.0 Å². The van der Waals surface area contributed by atoms with Gasteiger partial charge < -0.3 is 10.4 Å². The van der Waals surface area contributed by atoms with E-state index in [9.17, 15) is 9.59 Å². The van der Waals surface area contributed by atoms with Crippen LogP contribution in [-0.2, 0) is 9.59 Å². The van der Waals surface area contributed by atoms with Crippen LogP contribution in [0.15, 0.2) is 0 Å². The molecule has 4 nitrogen and oxygen atoms in total. The first kappa shape index (κ1) is 14.4. The number of carboxylic acid groups (broad SMARTS) is 1. The van der Waals surface area contributed by atoms with E-state index in [1.807, 2.05) is 6.92 Å². The number of carboxylic acids is 1. The Kier molecular flexibility index (Phi) is 6.40. The molecule has 0 saturated heterocycles. The van der Waals surface area contributed by atoms with Crippen LogP contribution >= 0.6 is 11.8 Å². The van der Waals surface area contributed by atoms with Crippen molar-refractivity contribution in [3.8, 4) is 0 Å². The number of carbonyl (C=O) groups excluding carboxylic acids is 1. The highest BCUT2D eigenvalue weighted by atomic mass is 32.2. The molecule has 2 N–H and O–H groups in total. The number of thioether (sulfide) groups is 1. The van der Waals surface area contributed by atoms with Gasteiger partial charge in [0.25, 0.3) is 0 Å². The third-order valence-corrected chi connectivity index (χ3v) is 4.42. The molecule has 0 radical (unpaired) electrons. The molecule has 0 heterocycles. The van der Waals surface area contributed by atoms with Crippen molar-refractivity contribution in [3.05, 3.63) is 0 Å². The Labute approximate surface area is 107 Å². The zero-order chi connectivity index (χ0) is 12.7. The minimum absolute atomic E-state index is 0.0946. The van der Waals surface area contributed by atoms with Gasteiger partial charge in [0.2, 0.25) is 5.91 Å². The minimum atomic E-state index is -0.672. The summed E-state index contributed by atoms with van der Waals surface area (Å²) < 4.78 is 0. The topological polar surface area (TPSA) is 66.4 Å². The molecule has 98 valence electrons. The Morgan fingerprint density at radius 2 is 1.94 bits per heavy atom. The van der Waals surface area contributed by atoms with Crippen LogP contribution in [0.2, 0.25) is 0 Å². The van der Waals surface area contributed by atoms with Crippen LogP contribution in [0.3, 0.4) is 0 Å². The van der Waals surface area contributed by atoms with Gasteiger partial charge in [0.15, 0.2) is 0 Å². The molecule has 1 amide bonds. The van der Waals surface area contributed by atoms with Crippen LogP contribution in [0.5, 0.6) is 0 Å². The molecule has 1 saturated carbocycles. The molecule has 1 fully saturated rings. The molecule has 17 heavy (non-hydrogen) atoms. The van der Waals surface area contributed by atoms with Gasteiger partial charge in [-0.05, 0) is 32.1 Å². The van der Waals surface area contributed by atoms with Gasteiger partial charge >= 0.3 is 5.97 Å².